The van der Waals surface area contributed by atoms with Crippen molar-refractivity contribution in [2.45, 2.75) is 19.9 Å². The first kappa shape index (κ1) is 23.2. The molecule has 1 fully saturated rings. The SMILES string of the molecule is C=CCOc1ccc([C@@H]2C(=C(O)c3ccc(OCC)cc3)C(=O)C(=O)N2c2nnc(C)s2)cc1. The van der Waals surface area contributed by atoms with Gasteiger partial charge < -0.3 is 14.6 Å². The number of aliphatic hydroxyl groups is 1. The lowest BCUT2D eigenvalue weighted by atomic mass is 9.95. The maximum atomic E-state index is 13.2. The van der Waals surface area contributed by atoms with Gasteiger partial charge in [0.05, 0.1) is 18.2 Å². The number of anilines is 1. The number of carbonyl (C=O) groups is 2. The van der Waals surface area contributed by atoms with Gasteiger partial charge in [-0.2, -0.15) is 0 Å². The van der Waals surface area contributed by atoms with Gasteiger partial charge in [-0.3, -0.25) is 14.5 Å². The van der Waals surface area contributed by atoms with Gasteiger partial charge in [-0.15, -0.1) is 10.2 Å². The van der Waals surface area contributed by atoms with E-state index < -0.39 is 17.7 Å². The summed E-state index contributed by atoms with van der Waals surface area (Å²) in [6.07, 6.45) is 1.64. The Morgan fingerprint density at radius 2 is 1.74 bits per heavy atom. The Hall–Kier alpha value is -3.98. The van der Waals surface area contributed by atoms with Crippen molar-refractivity contribution in [1.29, 1.82) is 0 Å². The number of aryl methyl sites for hydroxylation is 1. The molecular weight excluding hydrogens is 454 g/mol. The number of hydrogen-bond donors (Lipinski definition) is 1. The molecule has 0 aliphatic carbocycles. The number of ketones is 1. The molecule has 1 atom stereocenters. The van der Waals surface area contributed by atoms with Gasteiger partial charge in [-0.1, -0.05) is 36.1 Å². The third kappa shape index (κ3) is 4.42. The molecule has 0 spiro atoms. The number of rotatable bonds is 8. The van der Waals surface area contributed by atoms with Crippen molar-refractivity contribution in [1.82, 2.24) is 10.2 Å². The van der Waals surface area contributed by atoms with Crippen LogP contribution in [0, 0.1) is 6.92 Å². The molecule has 0 unspecified atom stereocenters. The van der Waals surface area contributed by atoms with Gasteiger partial charge in [-0.05, 0) is 55.8 Å². The van der Waals surface area contributed by atoms with E-state index in [0.29, 0.717) is 40.8 Å². The quantitative estimate of drug-likeness (QED) is 0.222. The highest BCUT2D eigenvalue weighted by molar-refractivity contribution is 7.15. The van der Waals surface area contributed by atoms with Crippen molar-refractivity contribution in [3.63, 3.8) is 0 Å². The Kier molecular flexibility index (Phi) is 6.74. The van der Waals surface area contributed by atoms with E-state index in [-0.39, 0.29) is 16.5 Å². The number of aromatic nitrogens is 2. The molecule has 1 aromatic heterocycles. The normalized spacial score (nSPS) is 17.1. The molecule has 0 radical (unpaired) electrons. The van der Waals surface area contributed by atoms with Gasteiger partial charge in [-0.25, -0.2) is 0 Å². The summed E-state index contributed by atoms with van der Waals surface area (Å²) in [5.74, 6) is -0.603. The lowest BCUT2D eigenvalue weighted by Gasteiger charge is -2.22. The minimum absolute atomic E-state index is 0.0261. The van der Waals surface area contributed by atoms with Gasteiger partial charge in [0, 0.05) is 5.56 Å². The van der Waals surface area contributed by atoms with Gasteiger partial charge in [0.25, 0.3) is 5.78 Å². The zero-order valence-electron chi connectivity index (χ0n) is 18.7. The molecule has 0 saturated carbocycles. The van der Waals surface area contributed by atoms with E-state index in [2.05, 4.69) is 16.8 Å². The van der Waals surface area contributed by atoms with E-state index in [9.17, 15) is 14.7 Å². The van der Waals surface area contributed by atoms with Crippen molar-refractivity contribution in [3.8, 4) is 11.5 Å². The molecular formula is C25H23N3O5S. The number of hydrogen-bond acceptors (Lipinski definition) is 8. The average Bonchev–Trinajstić information content (AvgIpc) is 3.38. The Balaban J connectivity index is 1.82. The number of nitrogens with zero attached hydrogens (tertiary/aromatic N) is 3. The standard InChI is InChI=1S/C25H23N3O5S/c1-4-14-33-19-10-6-16(7-11-19)21-20(22(29)17-8-12-18(13-9-17)32-5-2)23(30)24(31)28(21)25-27-26-15(3)34-25/h4,6-13,21,29H,1,5,14H2,2-3H3/t21-/m1/s1. The van der Waals surface area contributed by atoms with E-state index in [1.165, 1.54) is 16.2 Å². The maximum Gasteiger partial charge on any atom is 0.301 e. The fourth-order valence-corrected chi connectivity index (χ4v) is 4.38. The van der Waals surface area contributed by atoms with Crippen molar-refractivity contribution in [3.05, 3.63) is 82.9 Å². The second-order valence-corrected chi connectivity index (χ2v) is 8.56. The monoisotopic (exact) mass is 477 g/mol. The van der Waals surface area contributed by atoms with Crippen LogP contribution in [-0.4, -0.2) is 40.2 Å². The number of aliphatic hydroxyl groups excluding tert-OH is 1. The fourth-order valence-electron chi connectivity index (χ4n) is 3.66. The summed E-state index contributed by atoms with van der Waals surface area (Å²) in [6.45, 7) is 8.12. The van der Waals surface area contributed by atoms with Crippen LogP contribution in [-0.2, 0) is 9.59 Å². The number of Topliss-reactive ketones (excluding diaryl/α,β-unsaturated/α-hetero) is 1. The summed E-state index contributed by atoms with van der Waals surface area (Å²) in [5.41, 5.74) is 0.984. The maximum absolute atomic E-state index is 13.2. The van der Waals surface area contributed by atoms with Crippen molar-refractivity contribution in [2.24, 2.45) is 0 Å². The molecule has 34 heavy (non-hydrogen) atoms. The first-order chi connectivity index (χ1) is 16.4. The van der Waals surface area contributed by atoms with Crippen LogP contribution in [0.2, 0.25) is 0 Å². The van der Waals surface area contributed by atoms with E-state index >= 15 is 0 Å². The third-order valence-corrected chi connectivity index (χ3v) is 6.01. The third-order valence-electron chi connectivity index (χ3n) is 5.17. The smallest absolute Gasteiger partial charge is 0.301 e. The lowest BCUT2D eigenvalue weighted by molar-refractivity contribution is -0.132. The Bertz CT molecular complexity index is 1250. The van der Waals surface area contributed by atoms with E-state index in [1.807, 2.05) is 6.92 Å². The van der Waals surface area contributed by atoms with Crippen LogP contribution in [0.4, 0.5) is 5.13 Å². The second kappa shape index (κ2) is 9.88. The Labute approximate surface area is 200 Å². The Morgan fingerprint density at radius 1 is 1.09 bits per heavy atom. The summed E-state index contributed by atoms with van der Waals surface area (Å²) in [5, 5.41) is 20.2. The number of amides is 1. The number of benzene rings is 2. The van der Waals surface area contributed by atoms with Crippen molar-refractivity contribution < 1.29 is 24.2 Å². The summed E-state index contributed by atoms with van der Waals surface area (Å²) in [4.78, 5) is 27.6. The van der Waals surface area contributed by atoms with Gasteiger partial charge >= 0.3 is 5.91 Å². The van der Waals surface area contributed by atoms with E-state index in [0.717, 1.165) is 0 Å². The van der Waals surface area contributed by atoms with E-state index in [1.54, 1.807) is 61.5 Å². The minimum atomic E-state index is -0.882. The van der Waals surface area contributed by atoms with Crippen molar-refractivity contribution in [2.75, 3.05) is 18.1 Å². The fraction of sp³-hybridized carbons (Fsp3) is 0.200. The molecule has 0 bridgehead atoms. The molecule has 1 saturated heterocycles. The highest BCUT2D eigenvalue weighted by Gasteiger charge is 2.48. The van der Waals surface area contributed by atoms with Gasteiger partial charge in [0.15, 0.2) is 0 Å². The summed E-state index contributed by atoms with van der Waals surface area (Å²) in [6, 6.07) is 12.8. The van der Waals surface area contributed by atoms with Crippen molar-refractivity contribution >= 4 is 33.9 Å². The summed E-state index contributed by atoms with van der Waals surface area (Å²) in [7, 11) is 0. The Morgan fingerprint density at radius 3 is 2.32 bits per heavy atom. The molecule has 174 valence electrons. The zero-order valence-corrected chi connectivity index (χ0v) is 19.5. The van der Waals surface area contributed by atoms with E-state index in [4.69, 9.17) is 9.47 Å². The number of carbonyl (C=O) groups excluding carboxylic acids is 2. The first-order valence-corrected chi connectivity index (χ1v) is 11.4. The average molecular weight is 478 g/mol. The van der Waals surface area contributed by atoms with Crippen LogP contribution in [0.25, 0.3) is 5.76 Å². The predicted octanol–water partition coefficient (Wildman–Crippen LogP) is 4.44. The minimum Gasteiger partial charge on any atom is -0.507 e. The van der Waals surface area contributed by atoms with Crippen LogP contribution in [0.3, 0.4) is 0 Å². The molecule has 1 aliphatic rings. The van der Waals surface area contributed by atoms with Crippen LogP contribution < -0.4 is 14.4 Å². The molecule has 8 nitrogen and oxygen atoms in total. The molecule has 2 heterocycles. The van der Waals surface area contributed by atoms with Crippen LogP contribution in [0.1, 0.15) is 29.1 Å². The molecule has 4 rings (SSSR count). The highest BCUT2D eigenvalue weighted by atomic mass is 32.1. The topological polar surface area (TPSA) is 102 Å². The first-order valence-electron chi connectivity index (χ1n) is 10.6. The van der Waals surface area contributed by atoms with Gasteiger partial charge in [0.2, 0.25) is 5.13 Å². The predicted molar refractivity (Wildman–Crippen MR) is 129 cm³/mol. The number of ether oxygens (including phenoxy) is 2. The highest BCUT2D eigenvalue weighted by Crippen LogP contribution is 2.43. The largest absolute Gasteiger partial charge is 0.507 e. The second-order valence-electron chi connectivity index (χ2n) is 7.40. The molecule has 1 N–H and O–H groups in total. The lowest BCUT2D eigenvalue weighted by Crippen LogP contribution is -2.29. The molecule has 9 heteroatoms. The summed E-state index contributed by atoms with van der Waals surface area (Å²) < 4.78 is 11.0. The van der Waals surface area contributed by atoms with Gasteiger partial charge in [0.1, 0.15) is 28.9 Å². The summed E-state index contributed by atoms with van der Waals surface area (Å²) >= 11 is 1.19. The molecule has 2 aromatic carbocycles. The molecule has 3 aromatic rings. The zero-order chi connectivity index (χ0) is 24.2. The van der Waals surface area contributed by atoms with Crippen LogP contribution in [0.5, 0.6) is 11.5 Å². The van der Waals surface area contributed by atoms with Crippen LogP contribution >= 0.6 is 11.3 Å². The molecule has 1 amide bonds. The van der Waals surface area contributed by atoms with Crippen LogP contribution in [0.15, 0.2) is 66.8 Å². The molecule has 1 aliphatic heterocycles.